The molecule has 0 aliphatic heterocycles. The molecule has 4 rings (SSSR count). The Hall–Kier alpha value is -3.40. The maximum atomic E-state index is 12.2. The van der Waals surface area contributed by atoms with Crippen LogP contribution in [-0.2, 0) is 11.2 Å². The average molecular weight is 342 g/mol. The lowest BCUT2D eigenvalue weighted by molar-refractivity contribution is -0.116. The second-order valence-electron chi connectivity index (χ2n) is 6.07. The highest BCUT2D eigenvalue weighted by molar-refractivity contribution is 5.91. The second-order valence-corrected chi connectivity index (χ2v) is 6.07. The number of benzene rings is 3. The molecule has 0 radical (unpaired) electrons. The number of oxazole rings is 1. The van der Waals surface area contributed by atoms with Gasteiger partial charge in [0.25, 0.3) is 0 Å². The number of nitrogens with one attached hydrogen (secondary N) is 1. The lowest BCUT2D eigenvalue weighted by atomic mass is 10.1. The van der Waals surface area contributed by atoms with Gasteiger partial charge >= 0.3 is 0 Å². The van der Waals surface area contributed by atoms with E-state index in [4.69, 9.17) is 4.42 Å². The maximum Gasteiger partial charge on any atom is 0.224 e. The van der Waals surface area contributed by atoms with Crippen molar-refractivity contribution in [3.05, 3.63) is 84.8 Å². The van der Waals surface area contributed by atoms with Crippen molar-refractivity contribution in [2.24, 2.45) is 0 Å². The molecule has 0 bridgehead atoms. The Balaban J connectivity index is 1.35. The summed E-state index contributed by atoms with van der Waals surface area (Å²) in [7, 11) is 0. The molecular formula is C22H18N2O2. The molecule has 1 heterocycles. The number of carbonyl (C=O) groups excluding carboxylic acids is 1. The van der Waals surface area contributed by atoms with Gasteiger partial charge in [0, 0.05) is 18.5 Å². The number of rotatable bonds is 5. The van der Waals surface area contributed by atoms with Gasteiger partial charge in [-0.15, -0.1) is 0 Å². The Morgan fingerprint density at radius 1 is 0.846 bits per heavy atom. The Morgan fingerprint density at radius 2 is 1.54 bits per heavy atom. The molecule has 0 saturated heterocycles. The zero-order chi connectivity index (χ0) is 17.8. The van der Waals surface area contributed by atoms with Crippen LogP contribution in [-0.4, -0.2) is 10.9 Å². The lowest BCUT2D eigenvalue weighted by Gasteiger charge is -2.06. The van der Waals surface area contributed by atoms with Crippen LogP contribution in [0.25, 0.3) is 22.2 Å². The minimum absolute atomic E-state index is 0.0558. The van der Waals surface area contributed by atoms with Crippen molar-refractivity contribution in [2.75, 3.05) is 5.32 Å². The van der Waals surface area contributed by atoms with Crippen molar-refractivity contribution < 1.29 is 9.21 Å². The molecule has 0 unspecified atom stereocenters. The monoisotopic (exact) mass is 342 g/mol. The summed E-state index contributed by atoms with van der Waals surface area (Å²) < 4.78 is 5.64. The van der Waals surface area contributed by atoms with Gasteiger partial charge in [0.2, 0.25) is 5.91 Å². The number of carbonyl (C=O) groups is 1. The van der Waals surface area contributed by atoms with Crippen LogP contribution < -0.4 is 5.32 Å². The summed E-state index contributed by atoms with van der Waals surface area (Å²) in [5.41, 5.74) is 4.63. The van der Waals surface area contributed by atoms with Crippen LogP contribution in [0.4, 0.5) is 5.69 Å². The SMILES string of the molecule is O=C(CCc1nc2ccccc2o1)Nc1ccc(-c2ccccc2)cc1. The third kappa shape index (κ3) is 3.64. The fraction of sp³-hybridized carbons (Fsp3) is 0.0909. The smallest absolute Gasteiger partial charge is 0.224 e. The fourth-order valence-electron chi connectivity index (χ4n) is 2.85. The van der Waals surface area contributed by atoms with Crippen LogP contribution in [0.3, 0.4) is 0 Å². The molecule has 4 nitrogen and oxygen atoms in total. The van der Waals surface area contributed by atoms with E-state index >= 15 is 0 Å². The molecule has 0 aliphatic carbocycles. The lowest BCUT2D eigenvalue weighted by Crippen LogP contribution is -2.12. The standard InChI is InChI=1S/C22H18N2O2/c25-21(14-15-22-24-19-8-4-5-9-20(19)26-22)23-18-12-10-17(11-13-18)16-6-2-1-3-7-16/h1-13H,14-15H2,(H,23,25). The number of amides is 1. The third-order valence-electron chi connectivity index (χ3n) is 4.18. The van der Waals surface area contributed by atoms with E-state index in [9.17, 15) is 4.79 Å². The van der Waals surface area contributed by atoms with Crippen molar-refractivity contribution in [2.45, 2.75) is 12.8 Å². The molecule has 128 valence electrons. The predicted molar refractivity (Wildman–Crippen MR) is 103 cm³/mol. The van der Waals surface area contributed by atoms with E-state index in [1.165, 1.54) is 0 Å². The molecule has 0 fully saturated rings. The maximum absolute atomic E-state index is 12.2. The van der Waals surface area contributed by atoms with Crippen LogP contribution >= 0.6 is 0 Å². The molecule has 1 aromatic heterocycles. The van der Waals surface area contributed by atoms with Crippen molar-refractivity contribution in [3.8, 4) is 11.1 Å². The van der Waals surface area contributed by atoms with E-state index in [0.29, 0.717) is 18.7 Å². The van der Waals surface area contributed by atoms with E-state index in [1.54, 1.807) is 0 Å². The first-order chi connectivity index (χ1) is 12.8. The average Bonchev–Trinajstić information content (AvgIpc) is 3.11. The van der Waals surface area contributed by atoms with E-state index in [0.717, 1.165) is 27.9 Å². The zero-order valence-electron chi connectivity index (χ0n) is 14.2. The van der Waals surface area contributed by atoms with Gasteiger partial charge in [0.05, 0.1) is 0 Å². The number of nitrogens with zero attached hydrogens (tertiary/aromatic N) is 1. The molecule has 1 N–H and O–H groups in total. The summed E-state index contributed by atoms with van der Waals surface area (Å²) in [6.45, 7) is 0. The summed E-state index contributed by atoms with van der Waals surface area (Å²) in [6, 6.07) is 25.6. The van der Waals surface area contributed by atoms with Gasteiger partial charge in [0.15, 0.2) is 11.5 Å². The highest BCUT2D eigenvalue weighted by Gasteiger charge is 2.09. The summed E-state index contributed by atoms with van der Waals surface area (Å²) in [4.78, 5) is 16.6. The predicted octanol–water partition coefficient (Wildman–Crippen LogP) is 5.07. The van der Waals surface area contributed by atoms with Crippen LogP contribution in [0.2, 0.25) is 0 Å². The number of aromatic nitrogens is 1. The second kappa shape index (κ2) is 7.23. The van der Waals surface area contributed by atoms with Gasteiger partial charge in [-0.05, 0) is 35.4 Å². The third-order valence-corrected chi connectivity index (χ3v) is 4.18. The highest BCUT2D eigenvalue weighted by atomic mass is 16.3. The van der Waals surface area contributed by atoms with Gasteiger partial charge in [-0.2, -0.15) is 0 Å². The van der Waals surface area contributed by atoms with Crippen molar-refractivity contribution in [1.82, 2.24) is 4.98 Å². The molecule has 4 heteroatoms. The van der Waals surface area contributed by atoms with Gasteiger partial charge in [-0.25, -0.2) is 4.98 Å². The van der Waals surface area contributed by atoms with Crippen LogP contribution in [0.15, 0.2) is 83.3 Å². The zero-order valence-corrected chi connectivity index (χ0v) is 14.2. The van der Waals surface area contributed by atoms with Crippen molar-refractivity contribution in [1.29, 1.82) is 0 Å². The molecule has 3 aromatic carbocycles. The van der Waals surface area contributed by atoms with Crippen LogP contribution in [0.5, 0.6) is 0 Å². The van der Waals surface area contributed by atoms with Crippen LogP contribution in [0.1, 0.15) is 12.3 Å². The van der Waals surface area contributed by atoms with Gasteiger partial charge in [-0.1, -0.05) is 54.6 Å². The van der Waals surface area contributed by atoms with Gasteiger partial charge in [-0.3, -0.25) is 4.79 Å². The number of para-hydroxylation sites is 2. The first-order valence-electron chi connectivity index (χ1n) is 8.58. The molecule has 0 aliphatic rings. The number of hydrogen-bond acceptors (Lipinski definition) is 3. The minimum Gasteiger partial charge on any atom is -0.441 e. The van der Waals surface area contributed by atoms with Gasteiger partial charge in [0.1, 0.15) is 5.52 Å². The normalized spacial score (nSPS) is 10.8. The van der Waals surface area contributed by atoms with E-state index < -0.39 is 0 Å². The van der Waals surface area contributed by atoms with Crippen molar-refractivity contribution in [3.63, 3.8) is 0 Å². The number of aryl methyl sites for hydroxylation is 1. The van der Waals surface area contributed by atoms with E-state index in [2.05, 4.69) is 22.4 Å². The number of fused-ring (bicyclic) bond motifs is 1. The largest absolute Gasteiger partial charge is 0.441 e. The summed E-state index contributed by atoms with van der Waals surface area (Å²) in [5, 5.41) is 2.92. The molecular weight excluding hydrogens is 324 g/mol. The Morgan fingerprint density at radius 3 is 2.31 bits per heavy atom. The molecule has 26 heavy (non-hydrogen) atoms. The molecule has 0 spiro atoms. The molecule has 0 saturated carbocycles. The van der Waals surface area contributed by atoms with E-state index in [-0.39, 0.29) is 5.91 Å². The number of hydrogen-bond donors (Lipinski definition) is 1. The highest BCUT2D eigenvalue weighted by Crippen LogP contribution is 2.21. The Labute approximate surface area is 151 Å². The quantitative estimate of drug-likeness (QED) is 0.551. The molecule has 1 amide bonds. The summed E-state index contributed by atoms with van der Waals surface area (Å²) in [6.07, 6.45) is 0.801. The summed E-state index contributed by atoms with van der Waals surface area (Å²) >= 11 is 0. The Kier molecular flexibility index (Phi) is 4.48. The minimum atomic E-state index is -0.0558. The molecule has 0 atom stereocenters. The Bertz CT molecular complexity index is 988. The first kappa shape index (κ1) is 16.1. The summed E-state index contributed by atoms with van der Waals surface area (Å²) in [5.74, 6) is 0.528. The first-order valence-corrected chi connectivity index (χ1v) is 8.58. The van der Waals surface area contributed by atoms with Crippen molar-refractivity contribution >= 4 is 22.7 Å². The van der Waals surface area contributed by atoms with Crippen LogP contribution in [0, 0.1) is 0 Å². The number of anilines is 1. The topological polar surface area (TPSA) is 55.1 Å². The molecule has 4 aromatic rings. The van der Waals surface area contributed by atoms with Gasteiger partial charge < -0.3 is 9.73 Å². The van der Waals surface area contributed by atoms with E-state index in [1.807, 2.05) is 66.7 Å². The fourth-order valence-corrected chi connectivity index (χ4v) is 2.85.